The van der Waals surface area contributed by atoms with E-state index in [1.807, 2.05) is 36.4 Å². The van der Waals surface area contributed by atoms with E-state index in [0.717, 1.165) is 60.5 Å². The normalized spacial score (nSPS) is 11.5. The summed E-state index contributed by atoms with van der Waals surface area (Å²) in [4.78, 5) is 21.7. The minimum Gasteiger partial charge on any atom is -0.530 e. The Bertz CT molecular complexity index is 2370. The number of carboxylic acid groups (broad SMARTS) is 1. The molecule has 3 heterocycles. The van der Waals surface area contributed by atoms with Gasteiger partial charge in [0.25, 0.3) is 0 Å². The Morgan fingerprint density at radius 1 is 0.725 bits per heavy atom. The SMILES string of the molecule is CSc1ccc(-c2ncnc3ccc(-c4cn(C(c5ccccc5)(c5ccccc5)c5ccccc5)nc4-c4ccc(NC(=O)[O-])cc4)cc23)s1. The first kappa shape index (κ1) is 32.2. The van der Waals surface area contributed by atoms with E-state index in [0.29, 0.717) is 5.69 Å². The molecule has 7 nitrogen and oxygen atoms in total. The molecule has 0 saturated carbocycles. The van der Waals surface area contributed by atoms with Crippen molar-refractivity contribution >= 4 is 45.8 Å². The molecule has 1 N–H and O–H groups in total. The first-order valence-electron chi connectivity index (χ1n) is 16.3. The average molecular weight is 701 g/mol. The number of nitrogens with one attached hydrogen (secondary N) is 1. The fourth-order valence-electron chi connectivity index (χ4n) is 6.71. The second-order valence-electron chi connectivity index (χ2n) is 11.9. The van der Waals surface area contributed by atoms with Crippen LogP contribution < -0.4 is 10.4 Å². The molecular formula is C42H30N5O2S2-. The van der Waals surface area contributed by atoms with Crippen LogP contribution in [-0.4, -0.2) is 32.1 Å². The highest BCUT2D eigenvalue weighted by atomic mass is 32.2. The van der Waals surface area contributed by atoms with Crippen LogP contribution in [-0.2, 0) is 5.54 Å². The highest BCUT2D eigenvalue weighted by molar-refractivity contribution is 8.00. The van der Waals surface area contributed by atoms with Crippen LogP contribution in [0, 0.1) is 0 Å². The minimum atomic E-state index is -1.37. The van der Waals surface area contributed by atoms with E-state index in [-0.39, 0.29) is 0 Å². The lowest BCUT2D eigenvalue weighted by Gasteiger charge is -2.36. The lowest BCUT2D eigenvalue weighted by atomic mass is 9.77. The Morgan fingerprint density at radius 3 is 1.90 bits per heavy atom. The number of fused-ring (bicyclic) bond motifs is 1. The third-order valence-electron chi connectivity index (χ3n) is 9.00. The molecule has 248 valence electrons. The van der Waals surface area contributed by atoms with E-state index >= 15 is 0 Å². The van der Waals surface area contributed by atoms with E-state index in [4.69, 9.17) is 10.1 Å². The number of carbonyl (C=O) groups excluding carboxylic acids is 1. The van der Waals surface area contributed by atoms with E-state index in [1.54, 1.807) is 41.6 Å². The third kappa shape index (κ3) is 5.96. The van der Waals surface area contributed by atoms with E-state index in [2.05, 4.69) is 124 Å². The number of aromatic nitrogens is 4. The number of nitrogens with zero attached hydrogens (tertiary/aromatic N) is 4. The molecule has 3 aromatic heterocycles. The Labute approximate surface area is 303 Å². The highest BCUT2D eigenvalue weighted by Crippen LogP contribution is 2.44. The van der Waals surface area contributed by atoms with Crippen LogP contribution in [0.4, 0.5) is 10.5 Å². The fraction of sp³-hybridized carbons (Fsp3) is 0.0476. The molecule has 5 aromatic carbocycles. The van der Waals surface area contributed by atoms with Gasteiger partial charge in [-0.1, -0.05) is 109 Å². The largest absolute Gasteiger partial charge is 0.530 e. The molecule has 0 aliphatic carbocycles. The summed E-state index contributed by atoms with van der Waals surface area (Å²) >= 11 is 3.43. The summed E-state index contributed by atoms with van der Waals surface area (Å²) in [6.07, 6.45) is 4.45. The first-order chi connectivity index (χ1) is 25.0. The molecule has 1 amide bonds. The van der Waals surface area contributed by atoms with Gasteiger partial charge in [0.1, 0.15) is 23.7 Å². The molecule has 0 fully saturated rings. The predicted octanol–water partition coefficient (Wildman–Crippen LogP) is 9.21. The number of benzene rings is 5. The number of hydrogen-bond acceptors (Lipinski definition) is 7. The van der Waals surface area contributed by atoms with Crippen LogP contribution in [0.15, 0.2) is 162 Å². The van der Waals surface area contributed by atoms with Gasteiger partial charge in [0.05, 0.1) is 20.3 Å². The van der Waals surface area contributed by atoms with Crippen LogP contribution in [0.5, 0.6) is 0 Å². The molecule has 0 radical (unpaired) electrons. The lowest BCUT2D eigenvalue weighted by molar-refractivity contribution is -0.242. The summed E-state index contributed by atoms with van der Waals surface area (Å²) in [7, 11) is 0. The van der Waals surface area contributed by atoms with Gasteiger partial charge in [0.2, 0.25) is 0 Å². The standard InChI is InChI=1S/C42H31N5O2S2/c1-50-38-24-23-37(51-38)40-34-25-29(19-22-36(34)43-27-44-40)35-26-47(46-39(35)28-17-20-33(21-18-28)45-41(48)49)42(30-11-5-2-6-12-30,31-13-7-3-8-14-31)32-15-9-4-10-16-32/h2-27,45H,1H3,(H,48,49)/p-1. The molecule has 0 aliphatic rings. The summed E-state index contributed by atoms with van der Waals surface area (Å²) < 4.78 is 3.29. The topological polar surface area (TPSA) is 95.8 Å². The van der Waals surface area contributed by atoms with Crippen molar-refractivity contribution in [1.29, 1.82) is 0 Å². The van der Waals surface area contributed by atoms with Crippen LogP contribution in [0.25, 0.3) is 43.9 Å². The Morgan fingerprint density at radius 2 is 1.33 bits per heavy atom. The highest BCUT2D eigenvalue weighted by Gasteiger charge is 2.40. The smallest absolute Gasteiger partial charge is 0.138 e. The quantitative estimate of drug-likeness (QED) is 0.119. The van der Waals surface area contributed by atoms with Crippen LogP contribution in [0.3, 0.4) is 0 Å². The zero-order valence-electron chi connectivity index (χ0n) is 27.4. The maximum Gasteiger partial charge on any atom is 0.138 e. The average Bonchev–Trinajstić information content (AvgIpc) is 3.85. The van der Waals surface area contributed by atoms with Crippen LogP contribution >= 0.6 is 23.1 Å². The Kier molecular flexibility index (Phi) is 8.65. The van der Waals surface area contributed by atoms with Crippen molar-refractivity contribution in [3.05, 3.63) is 175 Å². The maximum absolute atomic E-state index is 11.3. The number of carbonyl (C=O) groups is 1. The van der Waals surface area contributed by atoms with Crippen molar-refractivity contribution in [2.45, 2.75) is 9.75 Å². The molecule has 8 aromatic rings. The Balaban J connectivity index is 1.41. The van der Waals surface area contributed by atoms with Crippen LogP contribution in [0.1, 0.15) is 16.7 Å². The van der Waals surface area contributed by atoms with Crippen molar-refractivity contribution in [1.82, 2.24) is 19.7 Å². The van der Waals surface area contributed by atoms with Crippen molar-refractivity contribution < 1.29 is 9.90 Å². The van der Waals surface area contributed by atoms with E-state index < -0.39 is 11.6 Å². The van der Waals surface area contributed by atoms with Crippen molar-refractivity contribution in [3.8, 4) is 33.0 Å². The van der Waals surface area contributed by atoms with Gasteiger partial charge >= 0.3 is 0 Å². The second kappa shape index (κ2) is 13.7. The van der Waals surface area contributed by atoms with Crippen molar-refractivity contribution in [2.75, 3.05) is 11.6 Å². The molecule has 0 spiro atoms. The number of thioether (sulfide) groups is 1. The molecule has 51 heavy (non-hydrogen) atoms. The van der Waals surface area contributed by atoms with Gasteiger partial charge in [-0.05, 0) is 64.9 Å². The van der Waals surface area contributed by atoms with Gasteiger partial charge in [-0.15, -0.1) is 23.1 Å². The number of thiophene rings is 1. The molecule has 0 saturated heterocycles. The first-order valence-corrected chi connectivity index (χ1v) is 18.3. The van der Waals surface area contributed by atoms with Crippen molar-refractivity contribution in [3.63, 3.8) is 0 Å². The van der Waals surface area contributed by atoms with Crippen molar-refractivity contribution in [2.24, 2.45) is 0 Å². The molecule has 0 unspecified atom stereocenters. The van der Waals surface area contributed by atoms with Gasteiger partial charge in [-0.25, -0.2) is 9.97 Å². The van der Waals surface area contributed by atoms with Crippen LogP contribution in [0.2, 0.25) is 0 Å². The summed E-state index contributed by atoms with van der Waals surface area (Å²) in [5.74, 6) is 0. The summed E-state index contributed by atoms with van der Waals surface area (Å²) in [5.41, 5.74) is 7.85. The molecule has 9 heteroatoms. The number of anilines is 1. The molecule has 8 rings (SSSR count). The molecule has 0 bridgehead atoms. The number of rotatable bonds is 9. The third-order valence-corrected chi connectivity index (χ3v) is 11.2. The van der Waals surface area contributed by atoms with E-state index in [1.165, 1.54) is 4.21 Å². The molecule has 0 atom stereocenters. The fourth-order valence-corrected chi connectivity index (χ4v) is 8.27. The predicted molar refractivity (Wildman–Crippen MR) is 205 cm³/mol. The van der Waals surface area contributed by atoms with E-state index in [9.17, 15) is 9.90 Å². The monoisotopic (exact) mass is 700 g/mol. The zero-order chi connectivity index (χ0) is 34.8. The minimum absolute atomic E-state index is 0.417. The van der Waals surface area contributed by atoms with Gasteiger partial charge in [0.15, 0.2) is 0 Å². The molecular weight excluding hydrogens is 671 g/mol. The number of hydrogen-bond donors (Lipinski definition) is 1. The summed E-state index contributed by atoms with van der Waals surface area (Å²) in [6.45, 7) is 0. The van der Waals surface area contributed by atoms with Gasteiger partial charge in [-0.2, -0.15) is 5.10 Å². The lowest BCUT2D eigenvalue weighted by Crippen LogP contribution is -2.38. The maximum atomic E-state index is 11.3. The number of amides is 1. The van der Waals surface area contributed by atoms with Gasteiger partial charge in [0, 0.05) is 28.4 Å². The summed E-state index contributed by atoms with van der Waals surface area (Å²) in [6, 6.07) is 49.0. The zero-order valence-corrected chi connectivity index (χ0v) is 29.1. The summed E-state index contributed by atoms with van der Waals surface area (Å²) in [5, 5.41) is 20.0. The Hall–Kier alpha value is -6.03. The van der Waals surface area contributed by atoms with Gasteiger partial charge < -0.3 is 15.2 Å². The second-order valence-corrected chi connectivity index (χ2v) is 14.1. The van der Waals surface area contributed by atoms with Gasteiger partial charge in [-0.3, -0.25) is 4.68 Å². The molecule has 0 aliphatic heterocycles.